The number of aliphatic hydroxyl groups is 1. The van der Waals surface area contributed by atoms with Crippen LogP contribution in [0.3, 0.4) is 0 Å². The zero-order valence-electron chi connectivity index (χ0n) is 16.9. The van der Waals surface area contributed by atoms with Crippen molar-refractivity contribution < 1.29 is 9.84 Å². The molecule has 1 aromatic rings. The van der Waals surface area contributed by atoms with Gasteiger partial charge in [-0.2, -0.15) is 0 Å². The van der Waals surface area contributed by atoms with Crippen LogP contribution in [0.1, 0.15) is 89.7 Å². The molecule has 0 atom stereocenters. The molecule has 1 heterocycles. The topological polar surface area (TPSA) is 29.5 Å². The van der Waals surface area contributed by atoms with Crippen molar-refractivity contribution in [1.29, 1.82) is 0 Å². The molecule has 0 bridgehead atoms. The molecule has 2 nitrogen and oxygen atoms in total. The van der Waals surface area contributed by atoms with E-state index in [9.17, 15) is 5.11 Å². The molecule has 0 unspecified atom stereocenters. The maximum Gasteiger partial charge on any atom is 0.136 e. The van der Waals surface area contributed by atoms with Crippen LogP contribution in [-0.2, 0) is 10.3 Å². The summed E-state index contributed by atoms with van der Waals surface area (Å²) in [7, 11) is 0. The van der Waals surface area contributed by atoms with Crippen LogP contribution in [0.25, 0.3) is 0 Å². The van der Waals surface area contributed by atoms with Crippen LogP contribution in [0.2, 0.25) is 0 Å². The van der Waals surface area contributed by atoms with Gasteiger partial charge in [0.25, 0.3) is 0 Å². The van der Waals surface area contributed by atoms with Crippen LogP contribution >= 0.6 is 0 Å². The molecule has 0 saturated carbocycles. The summed E-state index contributed by atoms with van der Waals surface area (Å²) in [4.78, 5) is 0. The normalized spacial score (nSPS) is 15.8. The molecule has 1 fully saturated rings. The van der Waals surface area contributed by atoms with Gasteiger partial charge >= 0.3 is 0 Å². The molecule has 0 aliphatic carbocycles. The van der Waals surface area contributed by atoms with Gasteiger partial charge in [-0.15, -0.1) is 0 Å². The summed E-state index contributed by atoms with van der Waals surface area (Å²) in [5.74, 6) is 6.51. The Bertz CT molecular complexity index is 579. The van der Waals surface area contributed by atoms with E-state index < -0.39 is 5.60 Å². The number of hydrogen-bond donors (Lipinski definition) is 1. The number of hydrogen-bond acceptors (Lipinski definition) is 2. The second kappa shape index (κ2) is 10.1. The van der Waals surface area contributed by atoms with Crippen LogP contribution in [0, 0.1) is 17.3 Å². The molecule has 1 N–H and O–H groups in total. The third kappa shape index (κ3) is 7.52. The summed E-state index contributed by atoms with van der Waals surface area (Å²) in [6.45, 7) is 7.78. The largest absolute Gasteiger partial charge is 0.380 e. The van der Waals surface area contributed by atoms with E-state index in [1.165, 1.54) is 51.4 Å². The first-order valence-electron chi connectivity index (χ1n) is 10.3. The number of ether oxygens (including phenoxy) is 1. The maximum atomic E-state index is 10.2. The Morgan fingerprint density at radius 1 is 0.923 bits per heavy atom. The first-order chi connectivity index (χ1) is 12.4. The minimum absolute atomic E-state index is 0.397. The van der Waals surface area contributed by atoms with E-state index in [1.54, 1.807) is 0 Å². The van der Waals surface area contributed by atoms with Gasteiger partial charge in [-0.1, -0.05) is 83.3 Å². The summed E-state index contributed by atoms with van der Waals surface area (Å²) in [5, 5.41) is 10.2. The zero-order valence-corrected chi connectivity index (χ0v) is 16.9. The second-order valence-corrected chi connectivity index (χ2v) is 8.94. The van der Waals surface area contributed by atoms with E-state index in [4.69, 9.17) is 4.74 Å². The standard InChI is InChI=1S/C24H36O2/c1-23(2,3)18-12-10-8-6-4-5-7-9-11-13-21-14-16-22(17-15-21)24(25)19-26-20-24/h14-17,25H,4-10,12,18-20H2,1-3H3. The lowest BCUT2D eigenvalue weighted by Crippen LogP contribution is -2.46. The maximum absolute atomic E-state index is 10.2. The van der Waals surface area contributed by atoms with Crippen molar-refractivity contribution in [1.82, 2.24) is 0 Å². The third-order valence-electron chi connectivity index (χ3n) is 5.07. The predicted molar refractivity (Wildman–Crippen MR) is 109 cm³/mol. The molecule has 1 aliphatic rings. The van der Waals surface area contributed by atoms with Crippen molar-refractivity contribution in [3.63, 3.8) is 0 Å². The van der Waals surface area contributed by atoms with E-state index in [2.05, 4.69) is 32.6 Å². The molecule has 2 heteroatoms. The van der Waals surface area contributed by atoms with E-state index in [0.29, 0.717) is 18.6 Å². The Labute approximate surface area is 160 Å². The summed E-state index contributed by atoms with van der Waals surface area (Å²) in [5.41, 5.74) is 1.66. The fraction of sp³-hybridized carbons (Fsp3) is 0.667. The van der Waals surface area contributed by atoms with Crippen LogP contribution in [0.5, 0.6) is 0 Å². The first-order valence-corrected chi connectivity index (χ1v) is 10.3. The van der Waals surface area contributed by atoms with Crippen molar-refractivity contribution in [2.75, 3.05) is 13.2 Å². The fourth-order valence-corrected chi connectivity index (χ4v) is 3.24. The highest BCUT2D eigenvalue weighted by Crippen LogP contribution is 2.29. The lowest BCUT2D eigenvalue weighted by atomic mass is 9.89. The Kier molecular flexibility index (Phi) is 8.19. The molecule has 1 aliphatic heterocycles. The van der Waals surface area contributed by atoms with Crippen molar-refractivity contribution in [3.05, 3.63) is 35.4 Å². The van der Waals surface area contributed by atoms with Gasteiger partial charge in [0.2, 0.25) is 0 Å². The van der Waals surface area contributed by atoms with Gasteiger partial charge in [0.15, 0.2) is 0 Å². The van der Waals surface area contributed by atoms with Gasteiger partial charge < -0.3 is 9.84 Å². The molecule has 0 aromatic heterocycles. The van der Waals surface area contributed by atoms with Crippen molar-refractivity contribution in [2.45, 2.75) is 84.2 Å². The molecule has 26 heavy (non-hydrogen) atoms. The van der Waals surface area contributed by atoms with Crippen LogP contribution in [0.4, 0.5) is 0 Å². The van der Waals surface area contributed by atoms with Gasteiger partial charge in [0.1, 0.15) is 5.60 Å². The van der Waals surface area contributed by atoms with Crippen LogP contribution < -0.4 is 0 Å². The Morgan fingerprint density at radius 3 is 2.04 bits per heavy atom. The highest BCUT2D eigenvalue weighted by molar-refractivity contribution is 5.38. The van der Waals surface area contributed by atoms with Crippen LogP contribution in [0.15, 0.2) is 24.3 Å². The van der Waals surface area contributed by atoms with Gasteiger partial charge in [0.05, 0.1) is 13.2 Å². The first kappa shape index (κ1) is 21.0. The Morgan fingerprint density at radius 2 is 1.50 bits per heavy atom. The average molecular weight is 357 g/mol. The highest BCUT2D eigenvalue weighted by atomic mass is 16.5. The third-order valence-corrected chi connectivity index (χ3v) is 5.07. The lowest BCUT2D eigenvalue weighted by Gasteiger charge is -2.36. The molecule has 144 valence electrons. The minimum Gasteiger partial charge on any atom is -0.380 e. The SMILES string of the molecule is CC(C)(C)CCCCCCCCCC#Cc1ccc(C2(O)COC2)cc1. The Balaban J connectivity index is 1.51. The van der Waals surface area contributed by atoms with E-state index in [0.717, 1.165) is 17.5 Å². The number of benzene rings is 1. The smallest absolute Gasteiger partial charge is 0.136 e. The number of rotatable bonds is 9. The average Bonchev–Trinajstić information content (AvgIpc) is 2.57. The van der Waals surface area contributed by atoms with E-state index in [1.807, 2.05) is 24.3 Å². The molecule has 0 amide bonds. The fourth-order valence-electron chi connectivity index (χ4n) is 3.24. The monoisotopic (exact) mass is 356 g/mol. The summed E-state index contributed by atoms with van der Waals surface area (Å²) in [6.07, 6.45) is 11.7. The van der Waals surface area contributed by atoms with E-state index >= 15 is 0 Å². The molecule has 1 saturated heterocycles. The van der Waals surface area contributed by atoms with E-state index in [-0.39, 0.29) is 0 Å². The molecule has 2 rings (SSSR count). The molecular weight excluding hydrogens is 320 g/mol. The predicted octanol–water partition coefficient (Wildman–Crippen LogP) is 5.81. The zero-order chi connectivity index (χ0) is 18.9. The summed E-state index contributed by atoms with van der Waals surface area (Å²) >= 11 is 0. The molecule has 0 spiro atoms. The lowest BCUT2D eigenvalue weighted by molar-refractivity contribution is -0.184. The second-order valence-electron chi connectivity index (χ2n) is 8.94. The molecule has 0 radical (unpaired) electrons. The summed E-state index contributed by atoms with van der Waals surface area (Å²) < 4.78 is 5.10. The quantitative estimate of drug-likeness (QED) is 0.447. The highest BCUT2D eigenvalue weighted by Gasteiger charge is 2.37. The Hall–Kier alpha value is -1.30. The molecular formula is C24H36O2. The number of unbranched alkanes of at least 4 members (excludes halogenated alkanes) is 7. The van der Waals surface area contributed by atoms with Gasteiger partial charge in [-0.05, 0) is 36.0 Å². The van der Waals surface area contributed by atoms with Gasteiger partial charge in [-0.25, -0.2) is 0 Å². The van der Waals surface area contributed by atoms with Crippen molar-refractivity contribution >= 4 is 0 Å². The minimum atomic E-state index is -0.779. The van der Waals surface area contributed by atoms with Crippen LogP contribution in [-0.4, -0.2) is 18.3 Å². The van der Waals surface area contributed by atoms with Crippen molar-refractivity contribution in [2.24, 2.45) is 5.41 Å². The van der Waals surface area contributed by atoms with Gasteiger partial charge in [0, 0.05) is 12.0 Å². The summed E-state index contributed by atoms with van der Waals surface area (Å²) in [6, 6.07) is 7.92. The van der Waals surface area contributed by atoms with Gasteiger partial charge in [-0.3, -0.25) is 0 Å². The molecule has 1 aromatic carbocycles. The van der Waals surface area contributed by atoms with Crippen molar-refractivity contribution in [3.8, 4) is 11.8 Å².